The van der Waals surface area contributed by atoms with E-state index in [1.54, 1.807) is 42.6 Å². The minimum atomic E-state index is -1.07. The third-order valence-corrected chi connectivity index (χ3v) is 5.76. The van der Waals surface area contributed by atoms with Crippen LogP contribution in [0.1, 0.15) is 31.2 Å². The Balaban J connectivity index is 1.64. The molecule has 1 amide bonds. The van der Waals surface area contributed by atoms with Gasteiger partial charge in [0.25, 0.3) is 5.91 Å². The van der Waals surface area contributed by atoms with Gasteiger partial charge in [-0.1, -0.05) is 18.2 Å². The molecule has 0 radical (unpaired) electrons. The molecular weight excluding hydrogens is 406 g/mol. The highest BCUT2D eigenvalue weighted by molar-refractivity contribution is 7.21. The summed E-state index contributed by atoms with van der Waals surface area (Å²) in [7, 11) is 1.21. The number of fused-ring (bicyclic) bond motifs is 1. The molecular formula is C21H21N3O5S. The van der Waals surface area contributed by atoms with E-state index >= 15 is 0 Å². The molecule has 3 rings (SSSR count). The van der Waals surface area contributed by atoms with Crippen LogP contribution >= 0.6 is 11.3 Å². The fraction of sp³-hybridized carbons (Fsp3) is 0.238. The quantitative estimate of drug-likeness (QED) is 0.441. The van der Waals surface area contributed by atoms with E-state index in [4.69, 9.17) is 9.57 Å². The topological polar surface area (TPSA) is 107 Å². The van der Waals surface area contributed by atoms with Crippen LogP contribution in [0.5, 0.6) is 0 Å². The molecule has 2 aromatic heterocycles. The molecule has 156 valence electrons. The number of nitrogens with one attached hydrogen (secondary N) is 2. The highest BCUT2D eigenvalue weighted by Crippen LogP contribution is 2.28. The number of hydrogen-bond acceptors (Lipinski definition) is 8. The van der Waals surface area contributed by atoms with Crippen molar-refractivity contribution in [3.8, 4) is 0 Å². The smallest absolute Gasteiger partial charge is 0.356 e. The van der Waals surface area contributed by atoms with E-state index in [9.17, 15) is 14.4 Å². The number of esters is 1. The summed E-state index contributed by atoms with van der Waals surface area (Å²) in [6.45, 7) is 3.81. The van der Waals surface area contributed by atoms with E-state index in [1.165, 1.54) is 18.4 Å². The Morgan fingerprint density at radius 2 is 1.90 bits per heavy atom. The number of carbonyl (C=O) groups is 3. The summed E-state index contributed by atoms with van der Waals surface area (Å²) in [5.74, 6) is -1.70. The van der Waals surface area contributed by atoms with Crippen molar-refractivity contribution in [2.45, 2.75) is 19.9 Å². The fourth-order valence-corrected chi connectivity index (χ4v) is 3.74. The van der Waals surface area contributed by atoms with Crippen molar-refractivity contribution in [2.75, 3.05) is 13.7 Å². The first kappa shape index (κ1) is 21.4. The van der Waals surface area contributed by atoms with Gasteiger partial charge in [0.1, 0.15) is 0 Å². The standard InChI is InChI=1S/C21H21N3O5S/c1-12-10-22-15-9-17(30-18(15)13(12)2)19(25)23-11-16(21(27)28-3)24-29-20(26)14-7-5-4-6-8-14/h4-10,16,24H,11H2,1-3H3,(H,23,25)/t16-/m1/s1. The molecule has 1 atom stereocenters. The van der Waals surface area contributed by atoms with Crippen LogP contribution in [0, 0.1) is 13.8 Å². The first-order valence-corrected chi connectivity index (χ1v) is 9.96. The summed E-state index contributed by atoms with van der Waals surface area (Å²) in [6, 6.07) is 8.95. The molecule has 1 aromatic carbocycles. The second-order valence-corrected chi connectivity index (χ2v) is 7.60. The van der Waals surface area contributed by atoms with Crippen LogP contribution in [0.2, 0.25) is 0 Å². The van der Waals surface area contributed by atoms with Gasteiger partial charge in [0.05, 0.1) is 27.8 Å². The van der Waals surface area contributed by atoms with Crippen LogP contribution in [-0.2, 0) is 14.4 Å². The van der Waals surface area contributed by atoms with Gasteiger partial charge in [-0.2, -0.15) is 0 Å². The highest BCUT2D eigenvalue weighted by atomic mass is 32.1. The Kier molecular flexibility index (Phi) is 6.76. The van der Waals surface area contributed by atoms with Crippen molar-refractivity contribution < 1.29 is 24.0 Å². The molecule has 0 aliphatic rings. The summed E-state index contributed by atoms with van der Waals surface area (Å²) in [5, 5.41) is 2.66. The maximum absolute atomic E-state index is 12.6. The molecule has 2 heterocycles. The Labute approximate surface area is 177 Å². The van der Waals surface area contributed by atoms with E-state index in [1.807, 2.05) is 13.8 Å². The summed E-state index contributed by atoms with van der Waals surface area (Å²) >= 11 is 1.33. The number of aromatic nitrogens is 1. The predicted molar refractivity (Wildman–Crippen MR) is 112 cm³/mol. The molecule has 0 aliphatic heterocycles. The average molecular weight is 427 g/mol. The van der Waals surface area contributed by atoms with E-state index < -0.39 is 18.0 Å². The van der Waals surface area contributed by atoms with E-state index in [0.29, 0.717) is 10.4 Å². The number of rotatable bonds is 7. The third kappa shape index (κ3) is 4.81. The largest absolute Gasteiger partial charge is 0.468 e. The van der Waals surface area contributed by atoms with Gasteiger partial charge in [-0.05, 0) is 43.2 Å². The van der Waals surface area contributed by atoms with Crippen LogP contribution in [0.25, 0.3) is 10.2 Å². The van der Waals surface area contributed by atoms with E-state index in [2.05, 4.69) is 15.8 Å². The second-order valence-electron chi connectivity index (χ2n) is 6.55. The van der Waals surface area contributed by atoms with Crippen LogP contribution in [0.3, 0.4) is 0 Å². The number of ether oxygens (including phenoxy) is 1. The van der Waals surface area contributed by atoms with Crippen LogP contribution < -0.4 is 10.8 Å². The zero-order chi connectivity index (χ0) is 21.7. The lowest BCUT2D eigenvalue weighted by molar-refractivity contribution is -0.145. The summed E-state index contributed by atoms with van der Waals surface area (Å²) < 4.78 is 5.66. The second kappa shape index (κ2) is 9.47. The minimum absolute atomic E-state index is 0.132. The van der Waals surface area contributed by atoms with Crippen molar-refractivity contribution >= 4 is 39.4 Å². The maximum atomic E-state index is 12.6. The Hall–Kier alpha value is -3.30. The van der Waals surface area contributed by atoms with Crippen molar-refractivity contribution in [3.05, 3.63) is 64.2 Å². The van der Waals surface area contributed by atoms with Gasteiger partial charge >= 0.3 is 11.9 Å². The fourth-order valence-electron chi connectivity index (χ4n) is 2.66. The molecule has 30 heavy (non-hydrogen) atoms. The number of thiophene rings is 1. The molecule has 2 N–H and O–H groups in total. The molecule has 0 unspecified atom stereocenters. The van der Waals surface area contributed by atoms with Crippen molar-refractivity contribution in [1.82, 2.24) is 15.8 Å². The van der Waals surface area contributed by atoms with Crippen LogP contribution in [0.15, 0.2) is 42.6 Å². The number of nitrogens with zero attached hydrogens (tertiary/aromatic N) is 1. The monoisotopic (exact) mass is 427 g/mol. The number of methoxy groups -OCH3 is 1. The molecule has 0 fully saturated rings. The Morgan fingerprint density at radius 1 is 1.17 bits per heavy atom. The summed E-state index contributed by atoms with van der Waals surface area (Å²) in [4.78, 5) is 46.4. The number of pyridine rings is 1. The number of hydroxylamine groups is 1. The van der Waals surface area contributed by atoms with Crippen LogP contribution in [0.4, 0.5) is 0 Å². The number of aryl methyl sites for hydroxylation is 2. The van der Waals surface area contributed by atoms with Gasteiger partial charge in [0.2, 0.25) is 0 Å². The SMILES string of the molecule is COC(=O)[C@@H](CNC(=O)c1cc2ncc(C)c(C)c2s1)NOC(=O)c1ccccc1. The van der Waals surface area contributed by atoms with Gasteiger partial charge in [0, 0.05) is 12.7 Å². The lowest BCUT2D eigenvalue weighted by Gasteiger charge is -2.16. The molecule has 0 saturated carbocycles. The molecule has 3 aromatic rings. The van der Waals surface area contributed by atoms with E-state index in [0.717, 1.165) is 21.3 Å². The summed E-state index contributed by atoms with van der Waals surface area (Å²) in [5.41, 5.74) is 5.56. The molecule has 8 nitrogen and oxygen atoms in total. The molecule has 0 saturated heterocycles. The zero-order valence-corrected chi connectivity index (χ0v) is 17.5. The van der Waals surface area contributed by atoms with Crippen molar-refractivity contribution in [2.24, 2.45) is 0 Å². The number of hydrogen-bond donors (Lipinski definition) is 2. The Morgan fingerprint density at radius 3 is 2.60 bits per heavy atom. The molecule has 9 heteroatoms. The van der Waals surface area contributed by atoms with Crippen molar-refractivity contribution in [3.63, 3.8) is 0 Å². The van der Waals surface area contributed by atoms with Crippen molar-refractivity contribution in [1.29, 1.82) is 0 Å². The summed E-state index contributed by atoms with van der Waals surface area (Å²) in [6.07, 6.45) is 1.77. The first-order chi connectivity index (χ1) is 14.4. The predicted octanol–water partition coefficient (Wildman–Crippen LogP) is 2.55. The van der Waals surface area contributed by atoms with Gasteiger partial charge in [0.15, 0.2) is 6.04 Å². The van der Waals surface area contributed by atoms with Crippen LogP contribution in [-0.4, -0.2) is 42.5 Å². The third-order valence-electron chi connectivity index (χ3n) is 4.52. The molecule has 0 spiro atoms. The average Bonchev–Trinajstić information content (AvgIpc) is 3.21. The number of carbonyl (C=O) groups excluding carboxylic acids is 3. The minimum Gasteiger partial charge on any atom is -0.468 e. The lowest BCUT2D eigenvalue weighted by atomic mass is 10.2. The lowest BCUT2D eigenvalue weighted by Crippen LogP contribution is -2.47. The number of benzene rings is 1. The highest BCUT2D eigenvalue weighted by Gasteiger charge is 2.23. The van der Waals surface area contributed by atoms with Gasteiger partial charge in [-0.15, -0.1) is 16.8 Å². The van der Waals surface area contributed by atoms with Gasteiger partial charge in [-0.25, -0.2) is 4.79 Å². The Bertz CT molecular complexity index is 1080. The first-order valence-electron chi connectivity index (χ1n) is 9.14. The van der Waals surface area contributed by atoms with Gasteiger partial charge < -0.3 is 14.9 Å². The molecule has 0 aliphatic carbocycles. The van der Waals surface area contributed by atoms with E-state index in [-0.39, 0.29) is 12.5 Å². The normalized spacial score (nSPS) is 11.7. The van der Waals surface area contributed by atoms with Gasteiger partial charge in [-0.3, -0.25) is 14.6 Å². The molecule has 0 bridgehead atoms. The number of amides is 1. The maximum Gasteiger partial charge on any atom is 0.356 e. The zero-order valence-electron chi connectivity index (χ0n) is 16.7.